The number of amides is 1. The van der Waals surface area contributed by atoms with Gasteiger partial charge >= 0.3 is 0 Å². The highest BCUT2D eigenvalue weighted by Gasteiger charge is 2.66. The van der Waals surface area contributed by atoms with Crippen LogP contribution in [0, 0.1) is 11.8 Å². The van der Waals surface area contributed by atoms with Crippen molar-refractivity contribution in [2.24, 2.45) is 11.8 Å². The van der Waals surface area contributed by atoms with Crippen molar-refractivity contribution in [2.75, 3.05) is 5.32 Å². The van der Waals surface area contributed by atoms with Crippen LogP contribution >= 0.6 is 0 Å². The topological polar surface area (TPSA) is 122 Å². The lowest BCUT2D eigenvalue weighted by molar-refractivity contribution is -0.118. The Morgan fingerprint density at radius 3 is 3.00 bits per heavy atom. The third kappa shape index (κ3) is 2.37. The molecule has 2 aromatic rings. The Balaban J connectivity index is 1.72. The van der Waals surface area contributed by atoms with E-state index in [0.29, 0.717) is 0 Å². The summed E-state index contributed by atoms with van der Waals surface area (Å²) in [5, 5.41) is 13.1. The standard InChI is InChI=1S/C16H21N5O4/c1-4-16-5-8(16)10(22)14(25-16)21-6-17-9-11(21)18-15(20-13(9)24)19-12(23)7(2)3/h6-8,10,14,22H,4-5H2,1-3H3,(H2,18,19,20,23,24)/t8-,10+,14+,16-/m0/s1. The number of fused-ring (bicyclic) bond motifs is 2. The molecule has 1 saturated carbocycles. The van der Waals surface area contributed by atoms with Crippen molar-refractivity contribution in [2.45, 2.75) is 51.5 Å². The number of rotatable bonds is 4. The van der Waals surface area contributed by atoms with Crippen molar-refractivity contribution >= 4 is 23.0 Å². The number of hydrogen-bond acceptors (Lipinski definition) is 6. The van der Waals surface area contributed by atoms with Crippen molar-refractivity contribution < 1.29 is 14.6 Å². The van der Waals surface area contributed by atoms with E-state index < -0.39 is 17.9 Å². The third-order valence-electron chi connectivity index (χ3n) is 5.21. The number of carbonyl (C=O) groups is 1. The molecule has 1 aliphatic heterocycles. The number of aliphatic hydroxyl groups is 1. The molecule has 0 unspecified atom stereocenters. The first-order valence-corrected chi connectivity index (χ1v) is 8.50. The molecule has 1 saturated heterocycles. The van der Waals surface area contributed by atoms with E-state index in [1.807, 2.05) is 6.92 Å². The minimum atomic E-state index is -0.674. The van der Waals surface area contributed by atoms with Gasteiger partial charge in [-0.1, -0.05) is 20.8 Å². The normalized spacial score (nSPS) is 30.7. The van der Waals surface area contributed by atoms with E-state index in [-0.39, 0.29) is 40.5 Å². The molecule has 4 atom stereocenters. The van der Waals surface area contributed by atoms with Crippen molar-refractivity contribution in [3.8, 4) is 0 Å². The lowest BCUT2D eigenvalue weighted by Crippen LogP contribution is -2.25. The first-order valence-electron chi connectivity index (χ1n) is 8.50. The fourth-order valence-corrected chi connectivity index (χ4v) is 3.53. The summed E-state index contributed by atoms with van der Waals surface area (Å²) in [5.41, 5.74) is -0.314. The number of carbonyl (C=O) groups excluding carboxylic acids is 1. The van der Waals surface area contributed by atoms with Crippen LogP contribution in [0.2, 0.25) is 0 Å². The maximum atomic E-state index is 12.2. The summed E-state index contributed by atoms with van der Waals surface area (Å²) in [7, 11) is 0. The Morgan fingerprint density at radius 2 is 2.36 bits per heavy atom. The molecule has 2 fully saturated rings. The van der Waals surface area contributed by atoms with Crippen LogP contribution in [0.4, 0.5) is 5.95 Å². The lowest BCUT2D eigenvalue weighted by atomic mass is 10.1. The van der Waals surface area contributed by atoms with Gasteiger partial charge in [0.2, 0.25) is 11.9 Å². The molecular formula is C16H21N5O4. The van der Waals surface area contributed by atoms with Crippen LogP contribution in [0.5, 0.6) is 0 Å². The molecule has 0 aromatic carbocycles. The number of imidazole rings is 1. The Kier molecular flexibility index (Phi) is 3.48. The minimum absolute atomic E-state index is 0.0563. The average molecular weight is 347 g/mol. The number of anilines is 1. The van der Waals surface area contributed by atoms with Crippen LogP contribution < -0.4 is 10.9 Å². The predicted molar refractivity (Wildman–Crippen MR) is 88.9 cm³/mol. The van der Waals surface area contributed by atoms with Gasteiger partial charge in [0.15, 0.2) is 17.4 Å². The van der Waals surface area contributed by atoms with Crippen LogP contribution in [-0.2, 0) is 9.53 Å². The fourth-order valence-electron chi connectivity index (χ4n) is 3.53. The second-order valence-corrected chi connectivity index (χ2v) is 7.11. The molecule has 2 aliphatic rings. The van der Waals surface area contributed by atoms with Gasteiger partial charge in [-0.2, -0.15) is 4.98 Å². The summed E-state index contributed by atoms with van der Waals surface area (Å²) in [6.07, 6.45) is 1.81. The maximum absolute atomic E-state index is 12.2. The van der Waals surface area contributed by atoms with Crippen molar-refractivity contribution in [1.82, 2.24) is 19.5 Å². The summed E-state index contributed by atoms with van der Waals surface area (Å²) in [5.74, 6) is -0.345. The van der Waals surface area contributed by atoms with Crippen LogP contribution in [0.1, 0.15) is 39.8 Å². The summed E-state index contributed by atoms with van der Waals surface area (Å²) < 4.78 is 7.64. The van der Waals surface area contributed by atoms with Gasteiger partial charge < -0.3 is 9.84 Å². The summed E-state index contributed by atoms with van der Waals surface area (Å²) >= 11 is 0. The van der Waals surface area contributed by atoms with Gasteiger partial charge in [-0.05, 0) is 12.8 Å². The second kappa shape index (κ2) is 5.37. The monoisotopic (exact) mass is 347 g/mol. The highest BCUT2D eigenvalue weighted by molar-refractivity contribution is 5.91. The van der Waals surface area contributed by atoms with Gasteiger partial charge in [-0.15, -0.1) is 0 Å². The first-order chi connectivity index (χ1) is 11.9. The highest BCUT2D eigenvalue weighted by Crippen LogP contribution is 2.60. The SMILES string of the molecule is CC[C@]12C[C@H]1[C@@H](O)[C@H](n1cnc3c(=O)[nH]c(NC(=O)C(C)C)nc31)O2. The molecule has 0 bridgehead atoms. The number of nitrogens with one attached hydrogen (secondary N) is 2. The first kappa shape index (κ1) is 16.2. The molecule has 0 radical (unpaired) electrons. The van der Waals surface area contributed by atoms with Crippen LogP contribution in [0.3, 0.4) is 0 Å². The van der Waals surface area contributed by atoms with E-state index in [4.69, 9.17) is 4.74 Å². The molecule has 25 heavy (non-hydrogen) atoms. The van der Waals surface area contributed by atoms with E-state index in [2.05, 4.69) is 20.3 Å². The zero-order valence-electron chi connectivity index (χ0n) is 14.3. The smallest absolute Gasteiger partial charge is 0.280 e. The summed E-state index contributed by atoms with van der Waals surface area (Å²) in [6.45, 7) is 5.52. The number of H-pyrrole nitrogens is 1. The molecular weight excluding hydrogens is 326 g/mol. The summed E-state index contributed by atoms with van der Waals surface area (Å²) in [6, 6.07) is 0. The molecule has 4 rings (SSSR count). The summed E-state index contributed by atoms with van der Waals surface area (Å²) in [4.78, 5) is 35.0. The molecule has 0 spiro atoms. The van der Waals surface area contributed by atoms with Crippen molar-refractivity contribution in [1.29, 1.82) is 0 Å². The second-order valence-electron chi connectivity index (χ2n) is 7.11. The Hall–Kier alpha value is -2.26. The largest absolute Gasteiger partial charge is 0.388 e. The molecule has 134 valence electrons. The molecule has 3 N–H and O–H groups in total. The average Bonchev–Trinajstić information content (AvgIpc) is 3.02. The number of hydrogen-bond donors (Lipinski definition) is 3. The van der Waals surface area contributed by atoms with Gasteiger partial charge in [-0.3, -0.25) is 24.5 Å². The van der Waals surface area contributed by atoms with E-state index in [1.54, 1.807) is 18.4 Å². The van der Waals surface area contributed by atoms with E-state index in [0.717, 1.165) is 12.8 Å². The zero-order valence-corrected chi connectivity index (χ0v) is 14.3. The number of aromatic nitrogens is 4. The van der Waals surface area contributed by atoms with Gasteiger partial charge in [0.25, 0.3) is 5.56 Å². The van der Waals surface area contributed by atoms with Gasteiger partial charge in [0.05, 0.1) is 11.9 Å². The number of aromatic amines is 1. The van der Waals surface area contributed by atoms with Crippen molar-refractivity contribution in [3.05, 3.63) is 16.7 Å². The third-order valence-corrected chi connectivity index (χ3v) is 5.21. The lowest BCUT2D eigenvalue weighted by Gasteiger charge is -2.21. The van der Waals surface area contributed by atoms with E-state index in [1.165, 1.54) is 6.33 Å². The van der Waals surface area contributed by atoms with Gasteiger partial charge in [-0.25, -0.2) is 4.98 Å². The van der Waals surface area contributed by atoms with Crippen LogP contribution in [-0.4, -0.2) is 42.2 Å². The maximum Gasteiger partial charge on any atom is 0.280 e. The number of aliphatic hydroxyl groups excluding tert-OH is 1. The van der Waals surface area contributed by atoms with Crippen molar-refractivity contribution in [3.63, 3.8) is 0 Å². The minimum Gasteiger partial charge on any atom is -0.388 e. The number of ether oxygens (including phenoxy) is 1. The molecule has 1 aliphatic carbocycles. The van der Waals surface area contributed by atoms with Crippen LogP contribution in [0.15, 0.2) is 11.1 Å². The van der Waals surface area contributed by atoms with E-state index in [9.17, 15) is 14.7 Å². The zero-order chi connectivity index (χ0) is 17.9. The Bertz CT molecular complexity index is 904. The molecule has 9 heteroatoms. The Labute approximate surface area is 143 Å². The van der Waals surface area contributed by atoms with E-state index >= 15 is 0 Å². The number of nitrogens with zero attached hydrogens (tertiary/aromatic N) is 3. The quantitative estimate of drug-likeness (QED) is 0.751. The van der Waals surface area contributed by atoms with Gasteiger partial charge in [0.1, 0.15) is 6.10 Å². The molecule has 2 aromatic heterocycles. The van der Waals surface area contributed by atoms with Crippen LogP contribution in [0.25, 0.3) is 11.2 Å². The molecule has 9 nitrogen and oxygen atoms in total. The molecule has 1 amide bonds. The predicted octanol–water partition coefficient (Wildman–Crippen LogP) is 0.773. The molecule has 3 heterocycles. The Morgan fingerprint density at radius 1 is 1.60 bits per heavy atom. The fraction of sp³-hybridized carbons (Fsp3) is 0.625. The van der Waals surface area contributed by atoms with Gasteiger partial charge in [0, 0.05) is 11.8 Å². The highest BCUT2D eigenvalue weighted by atomic mass is 16.6.